The van der Waals surface area contributed by atoms with Gasteiger partial charge in [0.05, 0.1) is 12.2 Å². The van der Waals surface area contributed by atoms with Gasteiger partial charge in [-0.25, -0.2) is 4.98 Å². The van der Waals surface area contributed by atoms with Crippen molar-refractivity contribution >= 4 is 17.6 Å². The Hall–Kier alpha value is -2.39. The van der Waals surface area contributed by atoms with Gasteiger partial charge in [0.15, 0.2) is 0 Å². The molecule has 0 unspecified atom stereocenters. The summed E-state index contributed by atoms with van der Waals surface area (Å²) in [4.78, 5) is 30.4. The van der Waals surface area contributed by atoms with Crippen molar-refractivity contribution in [1.82, 2.24) is 9.88 Å². The predicted octanol–water partition coefficient (Wildman–Crippen LogP) is 0.372. The SMILES string of the molecule is O=C1Nc2ncc(C#CCCO)cc2C(=O)N2CCC[C@@H]12. The lowest BCUT2D eigenvalue weighted by Gasteiger charge is -2.19. The molecule has 6 heteroatoms. The van der Waals surface area contributed by atoms with Crippen LogP contribution in [0.4, 0.5) is 5.82 Å². The van der Waals surface area contributed by atoms with E-state index >= 15 is 0 Å². The van der Waals surface area contributed by atoms with Crippen LogP contribution in [-0.4, -0.2) is 46.0 Å². The summed E-state index contributed by atoms with van der Waals surface area (Å²) in [5.41, 5.74) is 0.978. The number of nitrogens with zero attached hydrogens (tertiary/aromatic N) is 2. The van der Waals surface area contributed by atoms with E-state index in [9.17, 15) is 9.59 Å². The molecule has 1 aromatic rings. The number of anilines is 1. The monoisotopic (exact) mass is 285 g/mol. The number of carbonyl (C=O) groups excluding carboxylic acids is 2. The fraction of sp³-hybridized carbons (Fsp3) is 0.400. The molecular formula is C15H15N3O3. The highest BCUT2D eigenvalue weighted by Gasteiger charge is 2.38. The van der Waals surface area contributed by atoms with E-state index in [1.54, 1.807) is 11.0 Å². The molecule has 0 aromatic carbocycles. The molecule has 2 amide bonds. The topological polar surface area (TPSA) is 82.5 Å². The van der Waals surface area contributed by atoms with E-state index in [1.165, 1.54) is 6.20 Å². The van der Waals surface area contributed by atoms with Gasteiger partial charge in [0.2, 0.25) is 5.91 Å². The van der Waals surface area contributed by atoms with Gasteiger partial charge >= 0.3 is 0 Å². The van der Waals surface area contributed by atoms with Crippen molar-refractivity contribution in [2.24, 2.45) is 0 Å². The zero-order chi connectivity index (χ0) is 14.8. The van der Waals surface area contributed by atoms with Crippen LogP contribution in [0.15, 0.2) is 12.3 Å². The molecule has 2 aliphatic heterocycles. The third-order valence-corrected chi connectivity index (χ3v) is 3.65. The lowest BCUT2D eigenvalue weighted by atomic mass is 10.1. The van der Waals surface area contributed by atoms with Crippen molar-refractivity contribution in [3.8, 4) is 11.8 Å². The maximum Gasteiger partial charge on any atom is 0.258 e. The van der Waals surface area contributed by atoms with Crippen molar-refractivity contribution in [2.45, 2.75) is 25.3 Å². The summed E-state index contributed by atoms with van der Waals surface area (Å²) in [5, 5.41) is 11.4. The molecule has 108 valence electrons. The van der Waals surface area contributed by atoms with Crippen LogP contribution in [0.5, 0.6) is 0 Å². The predicted molar refractivity (Wildman–Crippen MR) is 75.5 cm³/mol. The number of amides is 2. The Morgan fingerprint density at radius 1 is 1.48 bits per heavy atom. The van der Waals surface area contributed by atoms with Crippen LogP contribution < -0.4 is 5.32 Å². The van der Waals surface area contributed by atoms with Crippen molar-refractivity contribution in [3.63, 3.8) is 0 Å². The average molecular weight is 285 g/mol. The Morgan fingerprint density at radius 2 is 2.33 bits per heavy atom. The molecule has 3 rings (SSSR count). The summed E-state index contributed by atoms with van der Waals surface area (Å²) in [6.07, 6.45) is 3.42. The van der Waals surface area contributed by atoms with Crippen LogP contribution in [0, 0.1) is 11.8 Å². The van der Waals surface area contributed by atoms with Gasteiger partial charge in [-0.05, 0) is 18.9 Å². The molecule has 0 aliphatic carbocycles. The van der Waals surface area contributed by atoms with Gasteiger partial charge in [0.25, 0.3) is 5.91 Å². The summed E-state index contributed by atoms with van der Waals surface area (Å²) >= 11 is 0. The maximum atomic E-state index is 12.6. The van der Waals surface area contributed by atoms with E-state index in [2.05, 4.69) is 22.1 Å². The minimum atomic E-state index is -0.393. The maximum absolute atomic E-state index is 12.6. The standard InChI is InChI=1S/C15H15N3O3/c19-7-2-1-4-10-8-11-13(16-9-10)17-14(20)12-5-3-6-18(12)15(11)21/h8-9,12,19H,2-3,5-7H2,(H,16,17,20)/t12-/m0/s1. The molecular weight excluding hydrogens is 270 g/mol. The molecule has 0 bridgehead atoms. The number of hydrogen-bond acceptors (Lipinski definition) is 4. The van der Waals surface area contributed by atoms with Crippen molar-refractivity contribution < 1.29 is 14.7 Å². The first-order chi connectivity index (χ1) is 10.2. The van der Waals surface area contributed by atoms with E-state index in [0.29, 0.717) is 36.3 Å². The molecule has 2 N–H and O–H groups in total. The van der Waals surface area contributed by atoms with Crippen LogP contribution in [-0.2, 0) is 4.79 Å². The lowest BCUT2D eigenvalue weighted by Crippen LogP contribution is -2.40. The highest BCUT2D eigenvalue weighted by molar-refractivity contribution is 6.09. The highest BCUT2D eigenvalue weighted by atomic mass is 16.2. The first kappa shape index (κ1) is 13.6. The van der Waals surface area contributed by atoms with E-state index in [1.807, 2.05) is 0 Å². The van der Waals surface area contributed by atoms with Crippen molar-refractivity contribution in [2.75, 3.05) is 18.5 Å². The number of pyridine rings is 1. The highest BCUT2D eigenvalue weighted by Crippen LogP contribution is 2.27. The Labute approximate surface area is 122 Å². The summed E-state index contributed by atoms with van der Waals surface area (Å²) < 4.78 is 0. The zero-order valence-electron chi connectivity index (χ0n) is 11.4. The van der Waals surface area contributed by atoms with Gasteiger partial charge < -0.3 is 15.3 Å². The lowest BCUT2D eigenvalue weighted by molar-refractivity contribution is -0.119. The molecule has 1 saturated heterocycles. The Kier molecular flexibility index (Phi) is 3.59. The fourth-order valence-electron chi connectivity index (χ4n) is 2.65. The van der Waals surface area contributed by atoms with Crippen LogP contribution in [0.2, 0.25) is 0 Å². The second kappa shape index (κ2) is 5.54. The van der Waals surface area contributed by atoms with Gasteiger partial charge in [0.1, 0.15) is 11.9 Å². The smallest absolute Gasteiger partial charge is 0.258 e. The Balaban J connectivity index is 1.98. The van der Waals surface area contributed by atoms with E-state index in [4.69, 9.17) is 5.11 Å². The summed E-state index contributed by atoms with van der Waals surface area (Å²) in [6.45, 7) is 0.590. The Morgan fingerprint density at radius 3 is 3.14 bits per heavy atom. The molecule has 3 heterocycles. The minimum absolute atomic E-state index is 0.00415. The fourth-order valence-corrected chi connectivity index (χ4v) is 2.65. The number of aliphatic hydroxyl groups is 1. The second-order valence-electron chi connectivity index (χ2n) is 5.04. The number of nitrogens with one attached hydrogen (secondary N) is 1. The van der Waals surface area contributed by atoms with Gasteiger partial charge in [-0.2, -0.15) is 0 Å². The molecule has 1 aromatic heterocycles. The van der Waals surface area contributed by atoms with E-state index < -0.39 is 6.04 Å². The normalized spacial score (nSPS) is 20.0. The molecule has 21 heavy (non-hydrogen) atoms. The minimum Gasteiger partial charge on any atom is -0.395 e. The first-order valence-electron chi connectivity index (χ1n) is 6.92. The third-order valence-electron chi connectivity index (χ3n) is 3.65. The largest absolute Gasteiger partial charge is 0.395 e. The van der Waals surface area contributed by atoms with Gasteiger partial charge in [-0.1, -0.05) is 11.8 Å². The molecule has 2 aliphatic rings. The quantitative estimate of drug-likeness (QED) is 0.730. The van der Waals surface area contributed by atoms with Crippen LogP contribution >= 0.6 is 0 Å². The van der Waals surface area contributed by atoms with Gasteiger partial charge in [0, 0.05) is 24.7 Å². The van der Waals surface area contributed by atoms with Crippen LogP contribution in [0.25, 0.3) is 0 Å². The second-order valence-corrected chi connectivity index (χ2v) is 5.04. The molecule has 1 fully saturated rings. The molecule has 1 atom stereocenters. The molecule has 6 nitrogen and oxygen atoms in total. The number of fused-ring (bicyclic) bond motifs is 2. The van der Waals surface area contributed by atoms with E-state index in [0.717, 1.165) is 6.42 Å². The van der Waals surface area contributed by atoms with Gasteiger partial charge in [-0.3, -0.25) is 9.59 Å². The van der Waals surface area contributed by atoms with Crippen LogP contribution in [0.3, 0.4) is 0 Å². The Bertz CT molecular complexity index is 660. The molecule has 0 spiro atoms. The summed E-state index contributed by atoms with van der Waals surface area (Å²) in [5.74, 6) is 5.59. The summed E-state index contributed by atoms with van der Waals surface area (Å²) in [7, 11) is 0. The molecule has 0 saturated carbocycles. The van der Waals surface area contributed by atoms with Crippen LogP contribution in [0.1, 0.15) is 35.2 Å². The number of carbonyl (C=O) groups is 2. The summed E-state index contributed by atoms with van der Waals surface area (Å²) in [6, 6.07) is 1.26. The third kappa shape index (κ3) is 2.48. The zero-order valence-corrected chi connectivity index (χ0v) is 11.4. The van der Waals surface area contributed by atoms with Crippen molar-refractivity contribution in [3.05, 3.63) is 23.4 Å². The van der Waals surface area contributed by atoms with Crippen molar-refractivity contribution in [1.29, 1.82) is 0 Å². The average Bonchev–Trinajstić information content (AvgIpc) is 2.94. The first-order valence-corrected chi connectivity index (χ1v) is 6.92. The number of rotatable bonds is 1. The molecule has 0 radical (unpaired) electrons. The van der Waals surface area contributed by atoms with E-state index in [-0.39, 0.29) is 18.4 Å². The van der Waals surface area contributed by atoms with Gasteiger partial charge in [-0.15, -0.1) is 0 Å². The number of aromatic nitrogens is 1. The number of aliphatic hydroxyl groups excluding tert-OH is 1. The number of hydrogen-bond donors (Lipinski definition) is 2.